The van der Waals surface area contributed by atoms with Crippen molar-refractivity contribution < 1.29 is 14.2 Å². The predicted octanol–water partition coefficient (Wildman–Crippen LogP) is 0.938. The zero-order valence-electron chi connectivity index (χ0n) is 9.39. The van der Waals surface area contributed by atoms with Crippen LogP contribution in [-0.2, 0) is 15.9 Å². The van der Waals surface area contributed by atoms with E-state index in [1.807, 2.05) is 24.3 Å². The van der Waals surface area contributed by atoms with Gasteiger partial charge in [-0.05, 0) is 17.7 Å². The molecule has 0 aromatic heterocycles. The third kappa shape index (κ3) is 2.72. The SMILES string of the molecule is COc1cccc(CC2OCC(CN)O2)c1. The quantitative estimate of drug-likeness (QED) is 0.825. The summed E-state index contributed by atoms with van der Waals surface area (Å²) >= 11 is 0. The highest BCUT2D eigenvalue weighted by Crippen LogP contribution is 2.19. The van der Waals surface area contributed by atoms with Gasteiger partial charge in [-0.3, -0.25) is 0 Å². The van der Waals surface area contributed by atoms with Crippen LogP contribution in [0.15, 0.2) is 24.3 Å². The molecule has 88 valence electrons. The maximum atomic E-state index is 5.60. The summed E-state index contributed by atoms with van der Waals surface area (Å²) in [5, 5.41) is 0. The van der Waals surface area contributed by atoms with Crippen molar-refractivity contribution >= 4 is 0 Å². The lowest BCUT2D eigenvalue weighted by Gasteiger charge is -2.11. The molecule has 0 spiro atoms. The van der Waals surface area contributed by atoms with Crippen molar-refractivity contribution in [1.82, 2.24) is 0 Å². The zero-order chi connectivity index (χ0) is 11.4. The second kappa shape index (κ2) is 5.30. The molecule has 2 N–H and O–H groups in total. The van der Waals surface area contributed by atoms with Gasteiger partial charge in [0.15, 0.2) is 6.29 Å². The van der Waals surface area contributed by atoms with Crippen LogP contribution < -0.4 is 10.5 Å². The van der Waals surface area contributed by atoms with E-state index < -0.39 is 0 Å². The fourth-order valence-corrected chi connectivity index (χ4v) is 1.73. The highest BCUT2D eigenvalue weighted by Gasteiger charge is 2.24. The first kappa shape index (κ1) is 11.4. The Morgan fingerprint density at radius 1 is 1.50 bits per heavy atom. The van der Waals surface area contributed by atoms with Gasteiger partial charge < -0.3 is 19.9 Å². The summed E-state index contributed by atoms with van der Waals surface area (Å²) in [4.78, 5) is 0. The Labute approximate surface area is 95.3 Å². The molecule has 0 saturated carbocycles. The van der Waals surface area contributed by atoms with E-state index in [2.05, 4.69) is 0 Å². The second-order valence-electron chi connectivity index (χ2n) is 3.81. The third-order valence-electron chi connectivity index (χ3n) is 2.61. The molecular weight excluding hydrogens is 206 g/mol. The summed E-state index contributed by atoms with van der Waals surface area (Å²) in [5.74, 6) is 0.853. The molecule has 0 radical (unpaired) electrons. The Kier molecular flexibility index (Phi) is 3.77. The van der Waals surface area contributed by atoms with Crippen molar-refractivity contribution in [3.05, 3.63) is 29.8 Å². The predicted molar refractivity (Wildman–Crippen MR) is 60.4 cm³/mol. The molecule has 0 aliphatic carbocycles. The lowest BCUT2D eigenvalue weighted by Crippen LogP contribution is -2.23. The van der Waals surface area contributed by atoms with Gasteiger partial charge in [0.05, 0.1) is 19.8 Å². The van der Waals surface area contributed by atoms with Gasteiger partial charge in [0.2, 0.25) is 0 Å². The van der Waals surface area contributed by atoms with Crippen LogP contribution in [0.3, 0.4) is 0 Å². The maximum absolute atomic E-state index is 5.60. The van der Waals surface area contributed by atoms with Crippen LogP contribution in [0.2, 0.25) is 0 Å². The van der Waals surface area contributed by atoms with E-state index >= 15 is 0 Å². The van der Waals surface area contributed by atoms with Crippen LogP contribution in [0.1, 0.15) is 5.56 Å². The number of methoxy groups -OCH3 is 1. The molecule has 16 heavy (non-hydrogen) atoms. The lowest BCUT2D eigenvalue weighted by molar-refractivity contribution is -0.0542. The van der Waals surface area contributed by atoms with Gasteiger partial charge >= 0.3 is 0 Å². The maximum Gasteiger partial charge on any atom is 0.162 e. The minimum absolute atomic E-state index is 0.0376. The van der Waals surface area contributed by atoms with Gasteiger partial charge in [0.25, 0.3) is 0 Å². The Morgan fingerprint density at radius 3 is 3.06 bits per heavy atom. The first-order chi connectivity index (χ1) is 7.81. The molecule has 4 heteroatoms. The number of benzene rings is 1. The summed E-state index contributed by atoms with van der Waals surface area (Å²) in [6.45, 7) is 1.10. The van der Waals surface area contributed by atoms with Crippen LogP contribution in [0, 0.1) is 0 Å². The number of nitrogens with two attached hydrogens (primary N) is 1. The molecule has 0 bridgehead atoms. The van der Waals surface area contributed by atoms with Crippen molar-refractivity contribution in [2.45, 2.75) is 18.8 Å². The lowest BCUT2D eigenvalue weighted by atomic mass is 10.1. The van der Waals surface area contributed by atoms with E-state index in [9.17, 15) is 0 Å². The van der Waals surface area contributed by atoms with Crippen LogP contribution >= 0.6 is 0 Å². The monoisotopic (exact) mass is 223 g/mol. The van der Waals surface area contributed by atoms with Gasteiger partial charge in [-0.25, -0.2) is 0 Å². The Hall–Kier alpha value is -1.10. The van der Waals surface area contributed by atoms with E-state index in [1.54, 1.807) is 7.11 Å². The van der Waals surface area contributed by atoms with Gasteiger partial charge in [-0.1, -0.05) is 12.1 Å². The number of hydrogen-bond acceptors (Lipinski definition) is 4. The van der Waals surface area contributed by atoms with E-state index in [0.29, 0.717) is 13.2 Å². The van der Waals surface area contributed by atoms with Crippen LogP contribution in [0.25, 0.3) is 0 Å². The molecule has 1 aliphatic heterocycles. The minimum atomic E-state index is -0.180. The molecule has 2 atom stereocenters. The molecule has 1 aliphatic rings. The Balaban J connectivity index is 1.94. The standard InChI is InChI=1S/C12H17NO3/c1-14-10-4-2-3-9(5-10)6-12-15-8-11(7-13)16-12/h2-5,11-12H,6-8,13H2,1H3. The molecule has 4 nitrogen and oxygen atoms in total. The summed E-state index contributed by atoms with van der Waals surface area (Å²) < 4.78 is 16.3. The fraction of sp³-hybridized carbons (Fsp3) is 0.500. The van der Waals surface area contributed by atoms with Crippen LogP contribution in [-0.4, -0.2) is 32.7 Å². The number of rotatable bonds is 4. The topological polar surface area (TPSA) is 53.7 Å². The largest absolute Gasteiger partial charge is 0.497 e. The molecule has 1 heterocycles. The highest BCUT2D eigenvalue weighted by molar-refractivity contribution is 5.28. The molecule has 0 amide bonds. The average molecular weight is 223 g/mol. The van der Waals surface area contributed by atoms with Crippen molar-refractivity contribution in [3.8, 4) is 5.75 Å². The molecule has 2 unspecified atom stereocenters. The van der Waals surface area contributed by atoms with E-state index in [-0.39, 0.29) is 12.4 Å². The van der Waals surface area contributed by atoms with Gasteiger partial charge in [0.1, 0.15) is 5.75 Å². The number of ether oxygens (including phenoxy) is 3. The first-order valence-corrected chi connectivity index (χ1v) is 5.42. The normalized spacial score (nSPS) is 24.6. The van der Waals surface area contributed by atoms with E-state index in [4.69, 9.17) is 19.9 Å². The van der Waals surface area contributed by atoms with Gasteiger partial charge in [0, 0.05) is 13.0 Å². The summed E-state index contributed by atoms with van der Waals surface area (Å²) in [5.41, 5.74) is 6.65. The van der Waals surface area contributed by atoms with Crippen molar-refractivity contribution in [3.63, 3.8) is 0 Å². The van der Waals surface area contributed by atoms with Crippen molar-refractivity contribution in [2.24, 2.45) is 5.73 Å². The first-order valence-electron chi connectivity index (χ1n) is 5.42. The molecule has 1 saturated heterocycles. The second-order valence-corrected chi connectivity index (χ2v) is 3.81. The van der Waals surface area contributed by atoms with Gasteiger partial charge in [-0.2, -0.15) is 0 Å². The summed E-state index contributed by atoms with van der Waals surface area (Å²) in [6, 6.07) is 7.90. The van der Waals surface area contributed by atoms with Crippen LogP contribution in [0.4, 0.5) is 0 Å². The third-order valence-corrected chi connectivity index (χ3v) is 2.61. The van der Waals surface area contributed by atoms with Crippen LogP contribution in [0.5, 0.6) is 5.75 Å². The molecular formula is C12H17NO3. The van der Waals surface area contributed by atoms with Crippen molar-refractivity contribution in [1.29, 1.82) is 0 Å². The number of hydrogen-bond donors (Lipinski definition) is 1. The van der Waals surface area contributed by atoms with Crippen molar-refractivity contribution in [2.75, 3.05) is 20.3 Å². The fourth-order valence-electron chi connectivity index (χ4n) is 1.73. The average Bonchev–Trinajstić information content (AvgIpc) is 2.77. The minimum Gasteiger partial charge on any atom is -0.497 e. The molecule has 2 rings (SSSR count). The molecule has 1 aromatic rings. The summed E-state index contributed by atoms with van der Waals surface area (Å²) in [6.07, 6.45) is 0.588. The summed E-state index contributed by atoms with van der Waals surface area (Å²) in [7, 11) is 1.66. The highest BCUT2D eigenvalue weighted by atomic mass is 16.7. The molecule has 1 aromatic carbocycles. The Bertz CT molecular complexity index is 343. The van der Waals surface area contributed by atoms with E-state index in [0.717, 1.165) is 17.7 Å². The zero-order valence-corrected chi connectivity index (χ0v) is 9.39. The Morgan fingerprint density at radius 2 is 2.38 bits per heavy atom. The molecule has 1 fully saturated rings. The van der Waals surface area contributed by atoms with E-state index in [1.165, 1.54) is 0 Å². The van der Waals surface area contributed by atoms with Gasteiger partial charge in [-0.15, -0.1) is 0 Å². The smallest absolute Gasteiger partial charge is 0.162 e.